The Bertz CT molecular complexity index is 492. The molecule has 3 nitrogen and oxygen atoms in total. The number of nitrogens with zero attached hydrogens (tertiary/aromatic N) is 1. The van der Waals surface area contributed by atoms with Crippen LogP contribution in [0.3, 0.4) is 0 Å². The van der Waals surface area contributed by atoms with Gasteiger partial charge in [-0.3, -0.25) is 0 Å². The molecule has 1 aliphatic rings. The summed E-state index contributed by atoms with van der Waals surface area (Å²) in [4.78, 5) is 0. The van der Waals surface area contributed by atoms with E-state index < -0.39 is 0 Å². The number of aryl methyl sites for hydroxylation is 1. The molecule has 0 saturated heterocycles. The molecule has 0 radical (unpaired) electrons. The average Bonchev–Trinajstić information content (AvgIpc) is 3.19. The van der Waals surface area contributed by atoms with E-state index in [1.54, 1.807) is 0 Å². The van der Waals surface area contributed by atoms with Gasteiger partial charge in [0.15, 0.2) is 6.10 Å². The number of hydrogen-bond donors (Lipinski definition) is 1. The van der Waals surface area contributed by atoms with Gasteiger partial charge < -0.3 is 10.1 Å². The summed E-state index contributed by atoms with van der Waals surface area (Å²) in [7, 11) is 0. The molecule has 1 aromatic carbocycles. The normalized spacial score (nSPS) is 15.9. The van der Waals surface area contributed by atoms with Crippen LogP contribution in [0, 0.1) is 18.3 Å². The quantitative estimate of drug-likeness (QED) is 0.868. The van der Waals surface area contributed by atoms with E-state index in [1.165, 1.54) is 12.8 Å². The predicted octanol–water partition coefficient (Wildman–Crippen LogP) is 3.69. The highest BCUT2D eigenvalue weighted by Gasteiger charge is 2.21. The largest absolute Gasteiger partial charge is 0.475 e. The van der Waals surface area contributed by atoms with Crippen molar-refractivity contribution in [3.05, 3.63) is 27.7 Å². The monoisotopic (exact) mass is 322 g/mol. The Labute approximate surface area is 123 Å². The predicted molar refractivity (Wildman–Crippen MR) is 79.1 cm³/mol. The minimum Gasteiger partial charge on any atom is -0.475 e. The van der Waals surface area contributed by atoms with E-state index in [2.05, 4.69) is 33.4 Å². The summed E-state index contributed by atoms with van der Waals surface area (Å²) in [5.74, 6) is 0.852. The Balaban J connectivity index is 2.19. The van der Waals surface area contributed by atoms with Gasteiger partial charge in [0.25, 0.3) is 0 Å². The molecule has 4 heteroatoms. The van der Waals surface area contributed by atoms with E-state index in [4.69, 9.17) is 10.00 Å². The van der Waals surface area contributed by atoms with E-state index >= 15 is 0 Å². The van der Waals surface area contributed by atoms with Crippen LogP contribution in [-0.4, -0.2) is 12.1 Å². The first-order chi connectivity index (χ1) is 9.13. The van der Waals surface area contributed by atoms with Gasteiger partial charge in [-0.05, 0) is 43.9 Å². The lowest BCUT2D eigenvalue weighted by Crippen LogP contribution is -2.19. The SMILES string of the molecule is CCC(C#N)Oc1c(C)cc(Br)cc1CNC1CC1. The molecule has 1 unspecified atom stereocenters. The Hall–Kier alpha value is -1.05. The summed E-state index contributed by atoms with van der Waals surface area (Å²) in [5, 5.41) is 12.5. The van der Waals surface area contributed by atoms with Crippen molar-refractivity contribution >= 4 is 15.9 Å². The lowest BCUT2D eigenvalue weighted by Gasteiger charge is -2.18. The Morgan fingerprint density at radius 3 is 2.84 bits per heavy atom. The van der Waals surface area contributed by atoms with Crippen molar-refractivity contribution in [3.63, 3.8) is 0 Å². The third kappa shape index (κ3) is 3.95. The fourth-order valence-electron chi connectivity index (χ4n) is 1.98. The summed E-state index contributed by atoms with van der Waals surface area (Å²) < 4.78 is 6.91. The highest BCUT2D eigenvalue weighted by Crippen LogP contribution is 2.30. The third-order valence-electron chi connectivity index (χ3n) is 3.25. The fourth-order valence-corrected chi connectivity index (χ4v) is 2.60. The molecule has 1 fully saturated rings. The highest BCUT2D eigenvalue weighted by molar-refractivity contribution is 9.10. The Morgan fingerprint density at radius 2 is 2.26 bits per heavy atom. The first-order valence-electron chi connectivity index (χ1n) is 6.72. The van der Waals surface area contributed by atoms with E-state index in [-0.39, 0.29) is 6.10 Å². The molecule has 0 spiro atoms. The van der Waals surface area contributed by atoms with Crippen molar-refractivity contribution in [2.45, 2.75) is 51.8 Å². The second-order valence-electron chi connectivity index (χ2n) is 5.01. The van der Waals surface area contributed by atoms with E-state index in [9.17, 15) is 0 Å². The number of nitrogens with one attached hydrogen (secondary N) is 1. The Kier molecular flexibility index (Phi) is 4.84. The van der Waals surface area contributed by atoms with Gasteiger partial charge in [0.2, 0.25) is 0 Å². The lowest BCUT2D eigenvalue weighted by atomic mass is 10.1. The van der Waals surface area contributed by atoms with Crippen molar-refractivity contribution in [1.82, 2.24) is 5.32 Å². The fraction of sp³-hybridized carbons (Fsp3) is 0.533. The molecule has 0 aromatic heterocycles. The maximum absolute atomic E-state index is 9.05. The van der Waals surface area contributed by atoms with Gasteiger partial charge >= 0.3 is 0 Å². The lowest BCUT2D eigenvalue weighted by molar-refractivity contribution is 0.247. The zero-order chi connectivity index (χ0) is 13.8. The van der Waals surface area contributed by atoms with Gasteiger partial charge in [0, 0.05) is 22.6 Å². The summed E-state index contributed by atoms with van der Waals surface area (Å²) in [6.07, 6.45) is 2.85. The summed E-state index contributed by atoms with van der Waals surface area (Å²) >= 11 is 3.52. The maximum Gasteiger partial charge on any atom is 0.184 e. The Morgan fingerprint density at radius 1 is 1.53 bits per heavy atom. The van der Waals surface area contributed by atoms with Gasteiger partial charge in [-0.25, -0.2) is 0 Å². The van der Waals surface area contributed by atoms with Crippen molar-refractivity contribution in [2.24, 2.45) is 0 Å². The second-order valence-corrected chi connectivity index (χ2v) is 5.93. The van der Waals surface area contributed by atoms with Crippen LogP contribution in [0.1, 0.15) is 37.3 Å². The molecule has 0 aliphatic heterocycles. The topological polar surface area (TPSA) is 45.0 Å². The van der Waals surface area contributed by atoms with Gasteiger partial charge in [-0.2, -0.15) is 5.26 Å². The van der Waals surface area contributed by atoms with Crippen LogP contribution in [-0.2, 0) is 6.54 Å². The summed E-state index contributed by atoms with van der Waals surface area (Å²) in [5.41, 5.74) is 2.18. The highest BCUT2D eigenvalue weighted by atomic mass is 79.9. The second kappa shape index (κ2) is 6.40. The number of nitriles is 1. The first-order valence-corrected chi connectivity index (χ1v) is 7.52. The van der Waals surface area contributed by atoms with Crippen LogP contribution in [0.15, 0.2) is 16.6 Å². The van der Waals surface area contributed by atoms with Crippen molar-refractivity contribution in [1.29, 1.82) is 5.26 Å². The number of hydrogen-bond acceptors (Lipinski definition) is 3. The molecule has 1 N–H and O–H groups in total. The van der Waals surface area contributed by atoms with Crippen molar-refractivity contribution in [3.8, 4) is 11.8 Å². The van der Waals surface area contributed by atoms with Gasteiger partial charge in [0.1, 0.15) is 11.8 Å². The molecule has 1 aromatic rings. The van der Waals surface area contributed by atoms with Crippen LogP contribution in [0.4, 0.5) is 0 Å². The van der Waals surface area contributed by atoms with Gasteiger partial charge in [-0.15, -0.1) is 0 Å². The molecule has 102 valence electrons. The molecule has 1 aliphatic carbocycles. The first kappa shape index (κ1) is 14.4. The zero-order valence-corrected chi connectivity index (χ0v) is 13.0. The molecule has 0 heterocycles. The number of benzene rings is 1. The maximum atomic E-state index is 9.05. The molecule has 0 amide bonds. The van der Waals surface area contributed by atoms with Crippen molar-refractivity contribution < 1.29 is 4.74 Å². The van der Waals surface area contributed by atoms with Crippen molar-refractivity contribution in [2.75, 3.05) is 0 Å². The van der Waals surface area contributed by atoms with E-state index in [0.717, 1.165) is 27.9 Å². The molecular weight excluding hydrogens is 304 g/mol. The average molecular weight is 323 g/mol. The summed E-state index contributed by atoms with van der Waals surface area (Å²) in [6.45, 7) is 4.77. The molecule has 1 saturated carbocycles. The number of halogens is 1. The molecule has 2 rings (SSSR count). The minimum absolute atomic E-state index is 0.375. The van der Waals surface area contributed by atoms with E-state index in [0.29, 0.717) is 12.5 Å². The van der Waals surface area contributed by atoms with Crippen LogP contribution in [0.5, 0.6) is 5.75 Å². The number of ether oxygens (including phenoxy) is 1. The molecule has 1 atom stereocenters. The third-order valence-corrected chi connectivity index (χ3v) is 3.71. The number of rotatable bonds is 6. The molecule has 0 bridgehead atoms. The zero-order valence-electron chi connectivity index (χ0n) is 11.4. The smallest absolute Gasteiger partial charge is 0.184 e. The van der Waals surface area contributed by atoms with Crippen LogP contribution in [0.2, 0.25) is 0 Å². The van der Waals surface area contributed by atoms with Gasteiger partial charge in [-0.1, -0.05) is 22.9 Å². The van der Waals surface area contributed by atoms with Crippen LogP contribution in [0.25, 0.3) is 0 Å². The minimum atomic E-state index is -0.375. The van der Waals surface area contributed by atoms with Crippen LogP contribution >= 0.6 is 15.9 Å². The van der Waals surface area contributed by atoms with E-state index in [1.807, 2.05) is 19.9 Å². The molecular formula is C15H19BrN2O. The summed E-state index contributed by atoms with van der Waals surface area (Å²) in [6, 6.07) is 6.95. The van der Waals surface area contributed by atoms with Crippen LogP contribution < -0.4 is 10.1 Å². The standard InChI is InChI=1S/C15H19BrN2O/c1-3-14(8-17)19-15-10(2)6-12(16)7-11(15)9-18-13-4-5-13/h6-7,13-14,18H,3-5,9H2,1-2H3. The van der Waals surface area contributed by atoms with Gasteiger partial charge in [0.05, 0.1) is 0 Å². The molecule has 19 heavy (non-hydrogen) atoms.